The van der Waals surface area contributed by atoms with Crippen LogP contribution in [0.5, 0.6) is 11.5 Å². The van der Waals surface area contributed by atoms with Crippen LogP contribution < -0.4 is 9.47 Å². The predicted molar refractivity (Wildman–Crippen MR) is 327 cm³/mol. The average molecular weight is 1020 g/mol. The molecule has 0 bridgehead atoms. The van der Waals surface area contributed by atoms with Crippen molar-refractivity contribution in [3.63, 3.8) is 0 Å². The highest BCUT2D eigenvalue weighted by atomic mass is 16.5. The van der Waals surface area contributed by atoms with Crippen LogP contribution in [0.25, 0.3) is 0 Å². The number of aromatic nitrogens is 1. The Bertz CT molecular complexity index is 1810. The van der Waals surface area contributed by atoms with E-state index in [1.165, 1.54) is 229 Å². The summed E-state index contributed by atoms with van der Waals surface area (Å²) >= 11 is 0. The van der Waals surface area contributed by atoms with Gasteiger partial charge in [0, 0.05) is 0 Å². The molecule has 0 amide bonds. The number of hydrogen-bond donors (Lipinski definition) is 0. The highest BCUT2D eigenvalue weighted by molar-refractivity contribution is 6.02. The van der Waals surface area contributed by atoms with Crippen molar-refractivity contribution in [1.29, 1.82) is 0 Å². The van der Waals surface area contributed by atoms with E-state index in [0.29, 0.717) is 11.8 Å². The molecule has 0 saturated carbocycles. The number of pyridine rings is 1. The Labute approximate surface area is 458 Å². The van der Waals surface area contributed by atoms with Gasteiger partial charge < -0.3 is 9.47 Å². The molecule has 5 nitrogen and oxygen atoms in total. The average Bonchev–Trinajstić information content (AvgIpc) is 3.38. The number of ether oxygens (including phenoxy) is 2. The van der Waals surface area contributed by atoms with Gasteiger partial charge in [-0.1, -0.05) is 266 Å². The topological polar surface area (TPSA) is 56.1 Å². The second kappa shape index (κ2) is 41.7. The van der Waals surface area contributed by atoms with Crippen LogP contribution in [0.1, 0.15) is 332 Å². The molecule has 0 aliphatic carbocycles. The first-order chi connectivity index (χ1) is 36.0. The Kier molecular flexibility index (Phi) is 36.5. The fourth-order valence-corrected chi connectivity index (χ4v) is 10.5. The zero-order valence-corrected chi connectivity index (χ0v) is 50.2. The fourth-order valence-electron chi connectivity index (χ4n) is 10.5. The van der Waals surface area contributed by atoms with Gasteiger partial charge in [-0.05, 0) is 111 Å². The van der Waals surface area contributed by atoms with Gasteiger partial charge in [-0.15, -0.1) is 0 Å². The van der Waals surface area contributed by atoms with Crippen LogP contribution in [0.3, 0.4) is 0 Å². The molecular formula is C69H115N3O2. The summed E-state index contributed by atoms with van der Waals surface area (Å²) in [6.45, 7) is 23.6. The smallest absolute Gasteiger partial charge is 0.123 e. The molecule has 5 heteroatoms. The van der Waals surface area contributed by atoms with E-state index in [2.05, 4.69) is 112 Å². The third-order valence-electron chi connectivity index (χ3n) is 15.5. The number of benzene rings is 2. The Morgan fingerprint density at radius 3 is 0.905 bits per heavy atom. The molecule has 2 aromatic carbocycles. The minimum atomic E-state index is 0.333. The molecule has 0 fully saturated rings. The quantitative estimate of drug-likeness (QED) is 0.0418. The van der Waals surface area contributed by atoms with Gasteiger partial charge in [-0.3, -0.25) is 9.98 Å². The lowest BCUT2D eigenvalue weighted by Gasteiger charge is -2.17. The molecule has 3 aromatic rings. The minimum absolute atomic E-state index is 0.333. The first-order valence-corrected chi connectivity index (χ1v) is 31.7. The Morgan fingerprint density at radius 2 is 0.649 bits per heavy atom. The van der Waals surface area contributed by atoms with Gasteiger partial charge in [0.05, 0.1) is 47.4 Å². The van der Waals surface area contributed by atoms with E-state index in [9.17, 15) is 0 Å². The highest BCUT2D eigenvalue weighted by Crippen LogP contribution is 2.36. The largest absolute Gasteiger partial charge is 0.493 e. The molecule has 0 atom stereocenters. The van der Waals surface area contributed by atoms with Crippen LogP contribution in [-0.2, 0) is 0 Å². The summed E-state index contributed by atoms with van der Waals surface area (Å²) in [5.41, 5.74) is 10.1. The molecule has 0 unspecified atom stereocenters. The Balaban J connectivity index is 1.40. The number of rotatable bonds is 46. The Hall–Kier alpha value is -3.47. The molecule has 0 aliphatic heterocycles. The van der Waals surface area contributed by atoms with E-state index >= 15 is 0 Å². The van der Waals surface area contributed by atoms with Crippen LogP contribution in [0, 0.1) is 13.8 Å². The van der Waals surface area contributed by atoms with Crippen LogP contribution >= 0.6 is 0 Å². The van der Waals surface area contributed by atoms with Gasteiger partial charge in [0.2, 0.25) is 0 Å². The molecule has 0 saturated heterocycles. The molecule has 0 spiro atoms. The van der Waals surface area contributed by atoms with Gasteiger partial charge >= 0.3 is 0 Å². The zero-order valence-electron chi connectivity index (χ0n) is 50.2. The van der Waals surface area contributed by atoms with Gasteiger partial charge in [0.25, 0.3) is 0 Å². The van der Waals surface area contributed by atoms with E-state index in [0.717, 1.165) is 82.9 Å². The van der Waals surface area contributed by atoms with E-state index in [-0.39, 0.29) is 0 Å². The first-order valence-electron chi connectivity index (χ1n) is 31.7. The molecule has 3 rings (SSSR count). The van der Waals surface area contributed by atoms with E-state index in [1.807, 2.05) is 0 Å². The van der Waals surface area contributed by atoms with E-state index in [1.54, 1.807) is 0 Å². The van der Waals surface area contributed by atoms with Gasteiger partial charge in [0.15, 0.2) is 0 Å². The second-order valence-corrected chi connectivity index (χ2v) is 23.2. The number of aliphatic imine (C=N–C) groups is 2. The minimum Gasteiger partial charge on any atom is -0.493 e. The summed E-state index contributed by atoms with van der Waals surface area (Å²) in [5.74, 6) is 2.67. The number of hydrogen-bond acceptors (Lipinski definition) is 5. The van der Waals surface area contributed by atoms with E-state index < -0.39 is 0 Å². The molecule has 418 valence electrons. The molecule has 0 radical (unpaired) electrons. The van der Waals surface area contributed by atoms with Crippen molar-refractivity contribution in [2.24, 2.45) is 9.98 Å². The molecule has 0 aliphatic rings. The summed E-state index contributed by atoms with van der Waals surface area (Å²) < 4.78 is 12.9. The predicted octanol–water partition coefficient (Wildman–Crippen LogP) is 23.1. The van der Waals surface area contributed by atoms with Gasteiger partial charge in [-0.25, -0.2) is 4.98 Å². The monoisotopic (exact) mass is 1020 g/mol. The standard InChI is InChI=1S/C69H115N3O2/c1-11-13-15-17-19-21-23-25-27-29-31-33-35-37-39-41-43-45-50-73-68-52-58(7)66(54-62(68)56(3)4)70-60(9)64-48-47-49-65(72-64)61(10)71-67-55-63(57(5)6)69(53-59(67)8)74-51-46-44-42-40-38-36-34-32-30-28-26-24-22-20-18-16-14-12-2/h47-49,52-57H,11-46,50-51H2,1-10H3. The summed E-state index contributed by atoms with van der Waals surface area (Å²) in [5, 5.41) is 0. The van der Waals surface area contributed by atoms with Crippen molar-refractivity contribution >= 4 is 22.8 Å². The third-order valence-corrected chi connectivity index (χ3v) is 15.5. The molecule has 1 aromatic heterocycles. The normalized spacial score (nSPS) is 12.2. The molecule has 0 N–H and O–H groups in total. The highest BCUT2D eigenvalue weighted by Gasteiger charge is 2.15. The van der Waals surface area contributed by atoms with Crippen molar-refractivity contribution in [1.82, 2.24) is 4.98 Å². The van der Waals surface area contributed by atoms with Crippen molar-refractivity contribution in [3.05, 3.63) is 76.1 Å². The summed E-state index contributed by atoms with van der Waals surface area (Å²) in [6.07, 6.45) is 49.9. The van der Waals surface area contributed by atoms with Crippen molar-refractivity contribution in [2.45, 2.75) is 312 Å². The maximum absolute atomic E-state index is 6.46. The number of unbranched alkanes of at least 4 members (excludes halogenated alkanes) is 34. The molecule has 74 heavy (non-hydrogen) atoms. The zero-order chi connectivity index (χ0) is 53.4. The van der Waals surface area contributed by atoms with Crippen molar-refractivity contribution in [3.8, 4) is 11.5 Å². The molecule has 1 heterocycles. The fraction of sp³-hybridized carbons (Fsp3) is 0.725. The van der Waals surface area contributed by atoms with Crippen LogP contribution in [-0.4, -0.2) is 29.6 Å². The lowest BCUT2D eigenvalue weighted by Crippen LogP contribution is -2.06. The number of nitrogens with zero attached hydrogens (tertiary/aromatic N) is 3. The van der Waals surface area contributed by atoms with Gasteiger partial charge in [-0.2, -0.15) is 0 Å². The lowest BCUT2D eigenvalue weighted by molar-refractivity contribution is 0.300. The van der Waals surface area contributed by atoms with Crippen LogP contribution in [0.2, 0.25) is 0 Å². The van der Waals surface area contributed by atoms with Crippen LogP contribution in [0.15, 0.2) is 52.4 Å². The summed E-state index contributed by atoms with van der Waals surface area (Å²) in [7, 11) is 0. The lowest BCUT2D eigenvalue weighted by atomic mass is 9.99. The van der Waals surface area contributed by atoms with E-state index in [4.69, 9.17) is 24.4 Å². The SMILES string of the molecule is CCCCCCCCCCCCCCCCCCCCOc1cc(C)c(N=C(C)c2cccc(C(C)=Nc3cc(C(C)C)c(OCCCCCCCCCCCCCCCCCCCC)cc3C)n2)cc1C(C)C. The van der Waals surface area contributed by atoms with Crippen molar-refractivity contribution < 1.29 is 9.47 Å². The second-order valence-electron chi connectivity index (χ2n) is 23.2. The Morgan fingerprint density at radius 1 is 0.392 bits per heavy atom. The summed E-state index contributed by atoms with van der Waals surface area (Å²) in [4.78, 5) is 15.4. The maximum atomic E-state index is 6.46. The maximum Gasteiger partial charge on any atom is 0.123 e. The van der Waals surface area contributed by atoms with Crippen molar-refractivity contribution in [2.75, 3.05) is 13.2 Å². The number of aryl methyl sites for hydroxylation is 2. The molecular weight excluding hydrogens is 903 g/mol. The van der Waals surface area contributed by atoms with Gasteiger partial charge in [0.1, 0.15) is 11.5 Å². The first kappa shape index (κ1) is 64.8. The summed E-state index contributed by atoms with van der Waals surface area (Å²) in [6, 6.07) is 15.0. The van der Waals surface area contributed by atoms with Crippen LogP contribution in [0.4, 0.5) is 11.4 Å². The third kappa shape index (κ3) is 28.6.